The van der Waals surface area contributed by atoms with Crippen molar-refractivity contribution in [2.75, 3.05) is 20.1 Å². The number of hydrogen-bond acceptors (Lipinski definition) is 2. The summed E-state index contributed by atoms with van der Waals surface area (Å²) < 4.78 is 13.9. The van der Waals surface area contributed by atoms with Crippen LogP contribution in [0.1, 0.15) is 34.6 Å². The van der Waals surface area contributed by atoms with E-state index in [4.69, 9.17) is 11.6 Å². The lowest BCUT2D eigenvalue weighted by Gasteiger charge is -2.39. The third-order valence-corrected chi connectivity index (χ3v) is 6.89. The molecule has 0 radical (unpaired) electrons. The minimum Gasteiger partial charge on any atom is -0.341 e. The fraction of sp³-hybridized carbons (Fsp3) is 0.321. The zero-order valence-electron chi connectivity index (χ0n) is 19.2. The molecule has 1 fully saturated rings. The fourth-order valence-electron chi connectivity index (χ4n) is 4.78. The number of amides is 1. The van der Waals surface area contributed by atoms with Crippen LogP contribution < -0.4 is 0 Å². The summed E-state index contributed by atoms with van der Waals surface area (Å²) in [4.78, 5) is 17.6. The Hall–Kier alpha value is -2.69. The Morgan fingerprint density at radius 1 is 1.06 bits per heavy atom. The van der Waals surface area contributed by atoms with Gasteiger partial charge < -0.3 is 4.90 Å². The Bertz CT molecular complexity index is 1100. The van der Waals surface area contributed by atoms with Gasteiger partial charge in [-0.05, 0) is 53.6 Å². The van der Waals surface area contributed by atoms with Crippen LogP contribution in [0.15, 0.2) is 72.8 Å². The van der Waals surface area contributed by atoms with Gasteiger partial charge in [-0.15, -0.1) is 0 Å². The maximum absolute atomic E-state index is 13.9. The average molecular weight is 465 g/mol. The Labute approximate surface area is 200 Å². The van der Waals surface area contributed by atoms with Crippen LogP contribution in [0, 0.1) is 18.7 Å². The van der Waals surface area contributed by atoms with Crippen LogP contribution >= 0.6 is 11.6 Å². The predicted molar refractivity (Wildman–Crippen MR) is 132 cm³/mol. The highest BCUT2D eigenvalue weighted by atomic mass is 35.5. The van der Waals surface area contributed by atoms with Crippen molar-refractivity contribution in [1.82, 2.24) is 9.80 Å². The van der Waals surface area contributed by atoms with Gasteiger partial charge in [-0.25, -0.2) is 4.39 Å². The monoisotopic (exact) mass is 464 g/mol. The molecule has 33 heavy (non-hydrogen) atoms. The molecule has 3 aromatic rings. The van der Waals surface area contributed by atoms with Crippen LogP contribution in [0.25, 0.3) is 0 Å². The molecule has 0 N–H and O–H groups in total. The van der Waals surface area contributed by atoms with Gasteiger partial charge in [0.25, 0.3) is 0 Å². The zero-order valence-corrected chi connectivity index (χ0v) is 19.9. The van der Waals surface area contributed by atoms with E-state index in [1.54, 1.807) is 6.92 Å². The van der Waals surface area contributed by atoms with E-state index >= 15 is 0 Å². The van der Waals surface area contributed by atoms with Crippen molar-refractivity contribution in [2.24, 2.45) is 5.92 Å². The molecule has 3 nitrogen and oxygen atoms in total. The maximum Gasteiger partial charge on any atom is 0.227 e. The molecule has 0 aliphatic carbocycles. The van der Waals surface area contributed by atoms with Crippen molar-refractivity contribution in [2.45, 2.75) is 32.4 Å². The molecule has 4 rings (SSSR count). The second-order valence-corrected chi connectivity index (χ2v) is 9.51. The molecule has 1 saturated heterocycles. The van der Waals surface area contributed by atoms with Crippen LogP contribution in [-0.4, -0.2) is 35.8 Å². The maximum atomic E-state index is 13.9. The van der Waals surface area contributed by atoms with Gasteiger partial charge in [-0.3, -0.25) is 9.69 Å². The number of hydrogen-bond donors (Lipinski definition) is 0. The average Bonchev–Trinajstić information content (AvgIpc) is 2.82. The van der Waals surface area contributed by atoms with Crippen LogP contribution in [0.2, 0.25) is 5.02 Å². The lowest BCUT2D eigenvalue weighted by molar-refractivity contribution is -0.137. The molecule has 0 aromatic heterocycles. The van der Waals surface area contributed by atoms with Gasteiger partial charge in [0.1, 0.15) is 5.82 Å². The van der Waals surface area contributed by atoms with Gasteiger partial charge >= 0.3 is 0 Å². The van der Waals surface area contributed by atoms with Crippen molar-refractivity contribution in [1.29, 1.82) is 0 Å². The highest BCUT2D eigenvalue weighted by Crippen LogP contribution is 2.33. The van der Waals surface area contributed by atoms with Gasteiger partial charge in [0.15, 0.2) is 0 Å². The van der Waals surface area contributed by atoms with Crippen LogP contribution in [0.3, 0.4) is 0 Å². The Morgan fingerprint density at radius 2 is 1.79 bits per heavy atom. The van der Waals surface area contributed by atoms with Crippen molar-refractivity contribution in [3.63, 3.8) is 0 Å². The van der Waals surface area contributed by atoms with Gasteiger partial charge in [-0.2, -0.15) is 0 Å². The molecular weight excluding hydrogens is 435 g/mol. The molecule has 1 aliphatic rings. The quantitative estimate of drug-likeness (QED) is 0.443. The van der Waals surface area contributed by atoms with E-state index in [2.05, 4.69) is 4.90 Å². The summed E-state index contributed by atoms with van der Waals surface area (Å²) in [5.74, 6) is -0.0332. The number of benzene rings is 3. The summed E-state index contributed by atoms with van der Waals surface area (Å²) in [6.45, 7) is 4.55. The zero-order chi connectivity index (χ0) is 23.4. The van der Waals surface area contributed by atoms with E-state index in [0.29, 0.717) is 25.2 Å². The second kappa shape index (κ2) is 10.5. The predicted octanol–water partition coefficient (Wildman–Crippen LogP) is 6.05. The first kappa shape index (κ1) is 23.5. The number of nitrogens with zero attached hydrogens (tertiary/aromatic N) is 2. The minimum atomic E-state index is -0.197. The van der Waals surface area contributed by atoms with E-state index in [9.17, 15) is 9.18 Å². The van der Waals surface area contributed by atoms with E-state index in [-0.39, 0.29) is 23.6 Å². The SMILES string of the molecule is Cc1cc([C@@H]2C[C@@H](C(=O)N(C)Cc3ccccc3)CN(Cc3ccccc3Cl)C2)ccc1F. The number of halogens is 2. The molecule has 5 heteroatoms. The standard InChI is InChI=1S/C28H30ClFN2O/c1-20-14-22(12-13-27(20)30)24-15-25(28(33)31(2)16-21-8-4-3-5-9-21)19-32(18-24)17-23-10-6-7-11-26(23)29/h3-14,24-25H,15-19H2,1-2H3/t24-,25-/m1/s1. The number of likely N-dealkylation sites (tertiary alicyclic amines) is 1. The van der Waals surface area contributed by atoms with Crippen LogP contribution in [0.4, 0.5) is 4.39 Å². The molecule has 0 bridgehead atoms. The van der Waals surface area contributed by atoms with Crippen molar-refractivity contribution in [3.8, 4) is 0 Å². The lowest BCUT2D eigenvalue weighted by Crippen LogP contribution is -2.45. The van der Waals surface area contributed by atoms with Crippen molar-refractivity contribution >= 4 is 17.5 Å². The van der Waals surface area contributed by atoms with Crippen LogP contribution in [-0.2, 0) is 17.9 Å². The molecular formula is C28H30ClFN2O. The Balaban J connectivity index is 1.56. The smallest absolute Gasteiger partial charge is 0.227 e. The van der Waals surface area contributed by atoms with E-state index < -0.39 is 0 Å². The highest BCUT2D eigenvalue weighted by Gasteiger charge is 2.34. The molecule has 1 aliphatic heterocycles. The van der Waals surface area contributed by atoms with E-state index in [1.165, 1.54) is 6.07 Å². The van der Waals surface area contributed by atoms with Crippen molar-refractivity contribution in [3.05, 3.63) is 106 Å². The van der Waals surface area contributed by atoms with Gasteiger partial charge in [0.05, 0.1) is 5.92 Å². The summed E-state index contributed by atoms with van der Waals surface area (Å²) in [5.41, 5.74) is 3.89. The molecule has 2 atom stereocenters. The van der Waals surface area contributed by atoms with Crippen LogP contribution in [0.5, 0.6) is 0 Å². The first-order valence-electron chi connectivity index (χ1n) is 11.4. The first-order chi connectivity index (χ1) is 15.9. The third kappa shape index (κ3) is 5.82. The minimum absolute atomic E-state index is 0.134. The summed E-state index contributed by atoms with van der Waals surface area (Å²) >= 11 is 6.43. The largest absolute Gasteiger partial charge is 0.341 e. The fourth-order valence-corrected chi connectivity index (χ4v) is 4.97. The number of carbonyl (C=O) groups excluding carboxylic acids is 1. The number of aryl methyl sites for hydroxylation is 1. The third-order valence-electron chi connectivity index (χ3n) is 6.52. The van der Waals surface area contributed by atoms with Gasteiger partial charge in [0.2, 0.25) is 5.91 Å². The number of piperidine rings is 1. The second-order valence-electron chi connectivity index (χ2n) is 9.10. The highest BCUT2D eigenvalue weighted by molar-refractivity contribution is 6.31. The van der Waals surface area contributed by atoms with Gasteiger partial charge in [-0.1, -0.05) is 72.3 Å². The van der Waals surface area contributed by atoms with Gasteiger partial charge in [0, 0.05) is 38.2 Å². The van der Waals surface area contributed by atoms with E-state index in [1.807, 2.05) is 78.7 Å². The first-order valence-corrected chi connectivity index (χ1v) is 11.8. The Kier molecular flexibility index (Phi) is 7.46. The number of rotatable bonds is 6. The normalized spacial score (nSPS) is 18.8. The molecule has 0 spiro atoms. The molecule has 1 heterocycles. The molecule has 3 aromatic carbocycles. The molecule has 172 valence electrons. The Morgan fingerprint density at radius 3 is 2.52 bits per heavy atom. The summed E-state index contributed by atoms with van der Waals surface area (Å²) in [7, 11) is 1.87. The lowest BCUT2D eigenvalue weighted by atomic mass is 9.83. The van der Waals surface area contributed by atoms with Crippen molar-refractivity contribution < 1.29 is 9.18 Å². The summed E-state index contributed by atoms with van der Waals surface area (Å²) in [6, 6.07) is 23.2. The van der Waals surface area contributed by atoms with E-state index in [0.717, 1.165) is 34.7 Å². The molecule has 1 amide bonds. The topological polar surface area (TPSA) is 23.6 Å². The molecule has 0 unspecified atom stereocenters. The summed E-state index contributed by atoms with van der Waals surface area (Å²) in [5, 5.41) is 0.737. The number of carbonyl (C=O) groups is 1. The molecule has 0 saturated carbocycles. The summed E-state index contributed by atoms with van der Waals surface area (Å²) in [6.07, 6.45) is 0.752.